The molecule has 0 saturated carbocycles. The third-order valence-corrected chi connectivity index (χ3v) is 5.69. The monoisotopic (exact) mass is 441 g/mol. The number of aromatic nitrogens is 3. The van der Waals surface area contributed by atoms with Gasteiger partial charge in [-0.1, -0.05) is 0 Å². The zero-order chi connectivity index (χ0) is 21.6. The molecule has 0 spiro atoms. The number of carbonyl (C=O) groups is 2. The minimum Gasteiger partial charge on any atom is -0.462 e. The standard InChI is InChI=1S/C21H23N5O4S/c1-2-29-21(28)15-3-4-17(22-13-15)25-8-10-26(11-9-25)19(27)6-5-18-23-24-20(30-18)16-7-12-31-14-16/h3-4,7,12-14H,2,5-6,8-11H2,1H3. The van der Waals surface area contributed by atoms with Crippen molar-refractivity contribution in [2.75, 3.05) is 37.7 Å². The van der Waals surface area contributed by atoms with Crippen LogP contribution in [0, 0.1) is 0 Å². The highest BCUT2D eigenvalue weighted by Crippen LogP contribution is 2.21. The van der Waals surface area contributed by atoms with Crippen molar-refractivity contribution in [2.24, 2.45) is 0 Å². The molecule has 9 nitrogen and oxygen atoms in total. The molecular weight excluding hydrogens is 418 g/mol. The molecule has 1 saturated heterocycles. The second kappa shape index (κ2) is 9.69. The maximum Gasteiger partial charge on any atom is 0.339 e. The highest BCUT2D eigenvalue weighted by atomic mass is 32.1. The van der Waals surface area contributed by atoms with Crippen molar-refractivity contribution < 1.29 is 18.7 Å². The highest BCUT2D eigenvalue weighted by Gasteiger charge is 2.22. The maximum atomic E-state index is 12.6. The number of anilines is 1. The Bertz CT molecular complexity index is 1010. The van der Waals surface area contributed by atoms with Gasteiger partial charge in [-0.05, 0) is 30.5 Å². The molecule has 0 aliphatic carbocycles. The lowest BCUT2D eigenvalue weighted by molar-refractivity contribution is -0.131. The summed E-state index contributed by atoms with van der Waals surface area (Å²) in [6, 6.07) is 5.45. The first-order valence-corrected chi connectivity index (χ1v) is 11.1. The number of hydrogen-bond acceptors (Lipinski definition) is 9. The molecule has 4 rings (SSSR count). The molecule has 0 unspecified atom stereocenters. The van der Waals surface area contributed by atoms with Crippen LogP contribution in [0.15, 0.2) is 39.6 Å². The van der Waals surface area contributed by atoms with E-state index in [1.54, 1.807) is 24.3 Å². The second-order valence-corrected chi connectivity index (χ2v) is 7.79. The molecule has 4 heterocycles. The molecule has 3 aromatic rings. The molecule has 31 heavy (non-hydrogen) atoms. The van der Waals surface area contributed by atoms with Crippen LogP contribution in [0.25, 0.3) is 11.5 Å². The van der Waals surface area contributed by atoms with E-state index in [1.807, 2.05) is 27.8 Å². The molecule has 1 fully saturated rings. The molecule has 0 radical (unpaired) electrons. The minimum atomic E-state index is -0.374. The van der Waals surface area contributed by atoms with Gasteiger partial charge in [0.1, 0.15) is 5.82 Å². The number of ether oxygens (including phenoxy) is 1. The zero-order valence-electron chi connectivity index (χ0n) is 17.2. The van der Waals surface area contributed by atoms with E-state index in [0.29, 0.717) is 63.0 Å². The summed E-state index contributed by atoms with van der Waals surface area (Å²) < 4.78 is 10.6. The average molecular weight is 442 g/mol. The first-order chi connectivity index (χ1) is 15.1. The summed E-state index contributed by atoms with van der Waals surface area (Å²) >= 11 is 1.57. The molecule has 1 aliphatic heterocycles. The normalized spacial score (nSPS) is 14.0. The number of pyridine rings is 1. The van der Waals surface area contributed by atoms with Crippen LogP contribution in [0.1, 0.15) is 29.6 Å². The fraction of sp³-hybridized carbons (Fsp3) is 0.381. The Labute approximate surface area is 183 Å². The quantitative estimate of drug-likeness (QED) is 0.516. The van der Waals surface area contributed by atoms with Crippen molar-refractivity contribution >= 4 is 29.0 Å². The molecule has 0 aromatic carbocycles. The lowest BCUT2D eigenvalue weighted by Crippen LogP contribution is -2.49. The number of nitrogens with zero attached hydrogens (tertiary/aromatic N) is 5. The van der Waals surface area contributed by atoms with E-state index in [2.05, 4.69) is 20.1 Å². The molecule has 0 N–H and O–H groups in total. The predicted octanol–water partition coefficient (Wildman–Crippen LogP) is 2.65. The van der Waals surface area contributed by atoms with Gasteiger partial charge < -0.3 is 19.0 Å². The van der Waals surface area contributed by atoms with Gasteiger partial charge in [0.05, 0.1) is 12.2 Å². The molecule has 1 amide bonds. The van der Waals surface area contributed by atoms with Crippen molar-refractivity contribution in [3.05, 3.63) is 46.6 Å². The number of amides is 1. The van der Waals surface area contributed by atoms with E-state index in [-0.39, 0.29) is 11.9 Å². The van der Waals surface area contributed by atoms with Crippen LogP contribution in [0.2, 0.25) is 0 Å². The lowest BCUT2D eigenvalue weighted by Gasteiger charge is -2.35. The summed E-state index contributed by atoms with van der Waals surface area (Å²) in [5, 5.41) is 12.0. The molecule has 3 aromatic heterocycles. The fourth-order valence-electron chi connectivity index (χ4n) is 3.32. The summed E-state index contributed by atoms with van der Waals surface area (Å²) in [7, 11) is 0. The zero-order valence-corrected chi connectivity index (χ0v) is 18.0. The van der Waals surface area contributed by atoms with Gasteiger partial charge in [0.25, 0.3) is 0 Å². The molecular formula is C21H23N5O4S. The molecule has 162 valence electrons. The van der Waals surface area contributed by atoms with E-state index < -0.39 is 0 Å². The topological polar surface area (TPSA) is 102 Å². The van der Waals surface area contributed by atoms with Crippen LogP contribution in [0.4, 0.5) is 5.82 Å². The van der Waals surface area contributed by atoms with Crippen LogP contribution in [-0.2, 0) is 16.0 Å². The average Bonchev–Trinajstić information content (AvgIpc) is 3.50. The van der Waals surface area contributed by atoms with Crippen LogP contribution >= 0.6 is 11.3 Å². The van der Waals surface area contributed by atoms with E-state index in [1.165, 1.54) is 6.20 Å². The molecule has 0 atom stereocenters. The van der Waals surface area contributed by atoms with Crippen molar-refractivity contribution in [1.29, 1.82) is 0 Å². The Morgan fingerprint density at radius 2 is 2.00 bits per heavy atom. The third kappa shape index (κ3) is 5.08. The van der Waals surface area contributed by atoms with E-state index in [9.17, 15) is 9.59 Å². The Morgan fingerprint density at radius 1 is 1.16 bits per heavy atom. The number of piperazine rings is 1. The van der Waals surface area contributed by atoms with Gasteiger partial charge in [0, 0.05) is 56.2 Å². The van der Waals surface area contributed by atoms with Crippen molar-refractivity contribution in [3.63, 3.8) is 0 Å². The summed E-state index contributed by atoms with van der Waals surface area (Å²) in [5.41, 5.74) is 1.33. The number of carbonyl (C=O) groups excluding carboxylic acids is 2. The summed E-state index contributed by atoms with van der Waals surface area (Å²) in [5.74, 6) is 1.44. The van der Waals surface area contributed by atoms with E-state index in [4.69, 9.17) is 9.15 Å². The second-order valence-electron chi connectivity index (χ2n) is 7.01. The Balaban J connectivity index is 1.25. The van der Waals surface area contributed by atoms with Crippen molar-refractivity contribution in [3.8, 4) is 11.5 Å². The Hall–Kier alpha value is -3.27. The van der Waals surface area contributed by atoms with Gasteiger partial charge in [-0.25, -0.2) is 9.78 Å². The van der Waals surface area contributed by atoms with Crippen LogP contribution in [-0.4, -0.2) is 64.7 Å². The van der Waals surface area contributed by atoms with E-state index in [0.717, 1.165) is 11.4 Å². The minimum absolute atomic E-state index is 0.0700. The highest BCUT2D eigenvalue weighted by molar-refractivity contribution is 7.08. The van der Waals surface area contributed by atoms with Crippen LogP contribution in [0.5, 0.6) is 0 Å². The van der Waals surface area contributed by atoms with Crippen LogP contribution < -0.4 is 4.90 Å². The van der Waals surface area contributed by atoms with Gasteiger partial charge in [-0.15, -0.1) is 10.2 Å². The largest absolute Gasteiger partial charge is 0.462 e. The smallest absolute Gasteiger partial charge is 0.339 e. The summed E-state index contributed by atoms with van der Waals surface area (Å²) in [4.78, 5) is 32.6. The maximum absolute atomic E-state index is 12.6. The first kappa shape index (κ1) is 21.0. The number of aryl methyl sites for hydroxylation is 1. The SMILES string of the molecule is CCOC(=O)c1ccc(N2CCN(C(=O)CCc3nnc(-c4ccsc4)o3)CC2)nc1. The summed E-state index contributed by atoms with van der Waals surface area (Å²) in [6.07, 6.45) is 2.28. The Morgan fingerprint density at radius 3 is 2.68 bits per heavy atom. The van der Waals surface area contributed by atoms with Gasteiger partial charge in [0.2, 0.25) is 17.7 Å². The predicted molar refractivity (Wildman–Crippen MR) is 115 cm³/mol. The van der Waals surface area contributed by atoms with E-state index >= 15 is 0 Å². The number of thiophene rings is 1. The molecule has 1 aliphatic rings. The van der Waals surface area contributed by atoms with Crippen molar-refractivity contribution in [1.82, 2.24) is 20.1 Å². The first-order valence-electron chi connectivity index (χ1n) is 10.1. The van der Waals surface area contributed by atoms with Gasteiger partial charge in [-0.3, -0.25) is 4.79 Å². The number of rotatable bonds is 7. The van der Waals surface area contributed by atoms with Gasteiger partial charge >= 0.3 is 5.97 Å². The third-order valence-electron chi connectivity index (χ3n) is 5.00. The number of hydrogen-bond donors (Lipinski definition) is 0. The molecule has 0 bridgehead atoms. The van der Waals surface area contributed by atoms with Gasteiger partial charge in [0.15, 0.2) is 0 Å². The van der Waals surface area contributed by atoms with Crippen LogP contribution in [0.3, 0.4) is 0 Å². The number of esters is 1. The fourth-order valence-corrected chi connectivity index (χ4v) is 3.95. The summed E-state index contributed by atoms with van der Waals surface area (Å²) in [6.45, 7) is 4.69. The molecule has 10 heteroatoms. The van der Waals surface area contributed by atoms with Crippen molar-refractivity contribution in [2.45, 2.75) is 19.8 Å². The van der Waals surface area contributed by atoms with Gasteiger partial charge in [-0.2, -0.15) is 11.3 Å². The lowest BCUT2D eigenvalue weighted by atomic mass is 10.2. The Kier molecular flexibility index (Phi) is 6.56.